The fourth-order valence-corrected chi connectivity index (χ4v) is 2.64. The Bertz CT molecular complexity index is 1040. The maximum absolute atomic E-state index is 13.2. The van der Waals surface area contributed by atoms with Crippen LogP contribution in [0.2, 0.25) is 0 Å². The van der Waals surface area contributed by atoms with Crippen LogP contribution >= 0.6 is 0 Å². The van der Waals surface area contributed by atoms with E-state index in [2.05, 4.69) is 9.97 Å². The van der Waals surface area contributed by atoms with Crippen molar-refractivity contribution in [2.45, 2.75) is 6.43 Å². The van der Waals surface area contributed by atoms with Gasteiger partial charge in [0.1, 0.15) is 23.5 Å². The quantitative estimate of drug-likeness (QED) is 0.485. The van der Waals surface area contributed by atoms with Crippen molar-refractivity contribution in [3.63, 3.8) is 0 Å². The molecule has 0 aliphatic carbocycles. The molecule has 0 amide bonds. The Morgan fingerprint density at radius 3 is 2.44 bits per heavy atom. The lowest BCUT2D eigenvalue weighted by molar-refractivity contribution is 0.146. The predicted octanol–water partition coefficient (Wildman–Crippen LogP) is 5.63. The third-order valence-electron chi connectivity index (χ3n) is 3.83. The zero-order chi connectivity index (χ0) is 17.4. The van der Waals surface area contributed by atoms with Gasteiger partial charge in [0.2, 0.25) is 5.89 Å². The molecule has 0 saturated carbocycles. The number of para-hydroxylation sites is 1. The van der Waals surface area contributed by atoms with Crippen LogP contribution in [0.1, 0.15) is 12.1 Å². The van der Waals surface area contributed by atoms with E-state index in [1.54, 1.807) is 36.4 Å². The second-order valence-corrected chi connectivity index (χ2v) is 5.46. The smallest absolute Gasteiger partial charge is 0.280 e. The third-order valence-corrected chi connectivity index (χ3v) is 3.83. The van der Waals surface area contributed by atoms with Crippen molar-refractivity contribution in [1.29, 1.82) is 0 Å². The van der Waals surface area contributed by atoms with Crippen molar-refractivity contribution < 1.29 is 17.6 Å². The molecule has 124 valence electrons. The van der Waals surface area contributed by atoms with E-state index >= 15 is 0 Å². The Labute approximate surface area is 140 Å². The van der Waals surface area contributed by atoms with E-state index in [0.717, 1.165) is 0 Å². The summed E-state index contributed by atoms with van der Waals surface area (Å²) in [5, 5.41) is 0.700. The Morgan fingerprint density at radius 2 is 1.68 bits per heavy atom. The number of fused-ring (bicyclic) bond motifs is 1. The third kappa shape index (κ3) is 2.87. The SMILES string of the molecule is Fc1ccc(-c2nc(-c3cc(C(F)F)nc4ccccc34)co2)cc1. The molecule has 6 heteroatoms. The first-order valence-corrected chi connectivity index (χ1v) is 7.51. The molecule has 2 aromatic carbocycles. The van der Waals surface area contributed by atoms with Gasteiger partial charge in [-0.25, -0.2) is 23.1 Å². The van der Waals surface area contributed by atoms with Crippen LogP contribution in [0.3, 0.4) is 0 Å². The monoisotopic (exact) mass is 340 g/mol. The minimum atomic E-state index is -2.69. The molecule has 0 N–H and O–H groups in total. The molecule has 0 aliphatic heterocycles. The number of oxazole rings is 1. The van der Waals surface area contributed by atoms with E-state index in [1.807, 2.05) is 0 Å². The van der Waals surface area contributed by atoms with Crippen LogP contribution in [0.4, 0.5) is 13.2 Å². The van der Waals surface area contributed by atoms with Gasteiger partial charge >= 0.3 is 0 Å². The van der Waals surface area contributed by atoms with Crippen LogP contribution < -0.4 is 0 Å². The molecule has 0 unspecified atom stereocenters. The number of pyridine rings is 1. The molecule has 0 saturated heterocycles. The predicted molar refractivity (Wildman–Crippen MR) is 87.6 cm³/mol. The lowest BCUT2D eigenvalue weighted by Crippen LogP contribution is -1.94. The molecule has 0 fully saturated rings. The average Bonchev–Trinajstić information content (AvgIpc) is 3.11. The minimum Gasteiger partial charge on any atom is -0.444 e. The van der Waals surface area contributed by atoms with Gasteiger partial charge in [-0.2, -0.15) is 0 Å². The molecule has 2 heterocycles. The summed E-state index contributed by atoms with van der Waals surface area (Å²) < 4.78 is 44.8. The van der Waals surface area contributed by atoms with Crippen LogP contribution in [0, 0.1) is 5.82 Å². The summed E-state index contributed by atoms with van der Waals surface area (Å²) in [5.74, 6) is -0.0771. The number of alkyl halides is 2. The molecule has 0 spiro atoms. The molecule has 2 aromatic heterocycles. The number of aromatic nitrogens is 2. The van der Waals surface area contributed by atoms with Crippen LogP contribution in [-0.2, 0) is 0 Å². The summed E-state index contributed by atoms with van der Waals surface area (Å²) in [7, 11) is 0. The molecule has 0 atom stereocenters. The van der Waals surface area contributed by atoms with E-state index in [9.17, 15) is 13.2 Å². The second-order valence-electron chi connectivity index (χ2n) is 5.46. The molecule has 3 nitrogen and oxygen atoms in total. The lowest BCUT2D eigenvalue weighted by Gasteiger charge is -2.07. The van der Waals surface area contributed by atoms with Crippen molar-refractivity contribution >= 4 is 10.9 Å². The van der Waals surface area contributed by atoms with Crippen LogP contribution in [0.25, 0.3) is 33.6 Å². The number of hydrogen-bond acceptors (Lipinski definition) is 3. The fraction of sp³-hybridized carbons (Fsp3) is 0.0526. The summed E-state index contributed by atoms with van der Waals surface area (Å²) in [5.41, 5.74) is 1.67. The highest BCUT2D eigenvalue weighted by Gasteiger charge is 2.17. The molecule has 25 heavy (non-hydrogen) atoms. The standard InChI is InChI=1S/C19H11F3N2O/c20-12-7-5-11(6-8-12)19-24-17(10-25-19)14-9-16(18(21)22)23-15-4-2-1-3-13(14)15/h1-10,18H. The fourth-order valence-electron chi connectivity index (χ4n) is 2.64. The molecular formula is C19H11F3N2O. The van der Waals surface area contributed by atoms with Crippen molar-refractivity contribution in [3.8, 4) is 22.7 Å². The van der Waals surface area contributed by atoms with Gasteiger partial charge in [-0.05, 0) is 36.4 Å². The highest BCUT2D eigenvalue weighted by atomic mass is 19.3. The Morgan fingerprint density at radius 1 is 0.920 bits per heavy atom. The summed E-state index contributed by atoms with van der Waals surface area (Å²) in [6.07, 6.45) is -1.29. The first-order valence-electron chi connectivity index (χ1n) is 7.51. The highest BCUT2D eigenvalue weighted by molar-refractivity contribution is 5.93. The Kier molecular flexibility index (Phi) is 3.72. The van der Waals surface area contributed by atoms with Gasteiger partial charge in [-0.3, -0.25) is 0 Å². The number of halogens is 3. The van der Waals surface area contributed by atoms with Gasteiger partial charge in [0.05, 0.1) is 5.52 Å². The zero-order valence-corrected chi connectivity index (χ0v) is 12.8. The molecule has 0 radical (unpaired) electrons. The van der Waals surface area contributed by atoms with Gasteiger partial charge in [0, 0.05) is 16.5 Å². The zero-order valence-electron chi connectivity index (χ0n) is 12.8. The Balaban J connectivity index is 1.86. The van der Waals surface area contributed by atoms with Gasteiger partial charge < -0.3 is 4.42 Å². The van der Waals surface area contributed by atoms with Gasteiger partial charge in [0.15, 0.2) is 0 Å². The van der Waals surface area contributed by atoms with E-state index in [-0.39, 0.29) is 17.4 Å². The minimum absolute atomic E-state index is 0.287. The molecule has 4 aromatic rings. The second kappa shape index (κ2) is 6.05. The van der Waals surface area contributed by atoms with E-state index in [1.165, 1.54) is 24.5 Å². The van der Waals surface area contributed by atoms with Crippen molar-refractivity contribution in [3.05, 3.63) is 72.4 Å². The largest absolute Gasteiger partial charge is 0.444 e. The van der Waals surface area contributed by atoms with Crippen LogP contribution in [-0.4, -0.2) is 9.97 Å². The average molecular weight is 340 g/mol. The summed E-state index contributed by atoms with van der Waals surface area (Å²) >= 11 is 0. The summed E-state index contributed by atoms with van der Waals surface area (Å²) in [4.78, 5) is 8.35. The highest BCUT2D eigenvalue weighted by Crippen LogP contribution is 2.32. The topological polar surface area (TPSA) is 38.9 Å². The van der Waals surface area contributed by atoms with Gasteiger partial charge in [0.25, 0.3) is 6.43 Å². The van der Waals surface area contributed by atoms with Crippen LogP contribution in [0.5, 0.6) is 0 Å². The summed E-state index contributed by atoms with van der Waals surface area (Å²) in [6.45, 7) is 0. The Hall–Kier alpha value is -3.15. The van der Waals surface area contributed by atoms with E-state index < -0.39 is 6.43 Å². The van der Waals surface area contributed by atoms with Crippen LogP contribution in [0.15, 0.2) is 65.3 Å². The molecular weight excluding hydrogens is 329 g/mol. The van der Waals surface area contributed by atoms with Crippen molar-refractivity contribution in [2.24, 2.45) is 0 Å². The first-order chi connectivity index (χ1) is 12.1. The van der Waals surface area contributed by atoms with Crippen molar-refractivity contribution in [1.82, 2.24) is 9.97 Å². The van der Waals surface area contributed by atoms with E-state index in [4.69, 9.17) is 4.42 Å². The molecule has 0 aliphatic rings. The molecule has 0 bridgehead atoms. The van der Waals surface area contributed by atoms with Gasteiger partial charge in [-0.1, -0.05) is 18.2 Å². The maximum Gasteiger partial charge on any atom is 0.280 e. The van der Waals surface area contributed by atoms with Gasteiger partial charge in [-0.15, -0.1) is 0 Å². The lowest BCUT2D eigenvalue weighted by atomic mass is 10.1. The number of nitrogens with zero attached hydrogens (tertiary/aromatic N) is 2. The number of benzene rings is 2. The number of rotatable bonds is 3. The first kappa shape index (κ1) is 15.4. The van der Waals surface area contributed by atoms with Crippen molar-refractivity contribution in [2.75, 3.05) is 0 Å². The van der Waals surface area contributed by atoms with E-state index in [0.29, 0.717) is 27.7 Å². The maximum atomic E-state index is 13.2. The molecule has 4 rings (SSSR count). The number of hydrogen-bond donors (Lipinski definition) is 0. The normalized spacial score (nSPS) is 11.4. The summed E-state index contributed by atoms with van der Waals surface area (Å²) in [6, 6.07) is 14.0.